The van der Waals surface area contributed by atoms with Crippen LogP contribution in [0.2, 0.25) is 0 Å². The molecule has 7 nitrogen and oxygen atoms in total. The van der Waals surface area contributed by atoms with Gasteiger partial charge in [-0.25, -0.2) is 5.10 Å². The van der Waals surface area contributed by atoms with Crippen molar-refractivity contribution >= 4 is 17.7 Å². The molecule has 8 heteroatoms. The molecule has 0 aliphatic carbocycles. The van der Waals surface area contributed by atoms with E-state index in [0.29, 0.717) is 5.82 Å². The van der Waals surface area contributed by atoms with E-state index >= 15 is 0 Å². The van der Waals surface area contributed by atoms with Crippen molar-refractivity contribution in [2.75, 3.05) is 5.75 Å². The molecular formula is C7H8N6OS. The summed E-state index contributed by atoms with van der Waals surface area (Å²) in [5, 5.41) is 13.1. The highest BCUT2D eigenvalue weighted by molar-refractivity contribution is 8.00. The first kappa shape index (κ1) is 8.86. The van der Waals surface area contributed by atoms with Gasteiger partial charge >= 0.3 is 0 Å². The summed E-state index contributed by atoms with van der Waals surface area (Å²) < 4.78 is 0. The molecule has 15 heavy (non-hydrogen) atoms. The van der Waals surface area contributed by atoms with Crippen molar-refractivity contribution in [1.29, 1.82) is 0 Å². The first-order chi connectivity index (χ1) is 7.24. The minimum atomic E-state index is -1.10. The molecule has 0 radical (unpaired) electrons. The van der Waals surface area contributed by atoms with Crippen molar-refractivity contribution in [3.63, 3.8) is 0 Å². The zero-order valence-corrected chi connectivity index (χ0v) is 8.44. The maximum absolute atomic E-state index is 11.8. The van der Waals surface area contributed by atoms with Gasteiger partial charge < -0.3 is 10.6 Å². The monoisotopic (exact) mass is 224 g/mol. The molecular weight excluding hydrogens is 216 g/mol. The molecule has 1 aromatic heterocycles. The summed E-state index contributed by atoms with van der Waals surface area (Å²) in [6, 6.07) is 0. The van der Waals surface area contributed by atoms with Crippen LogP contribution in [0.15, 0.2) is 12.3 Å². The Labute approximate surface area is 89.1 Å². The third kappa shape index (κ3) is 0.948. The Morgan fingerprint density at radius 3 is 3.33 bits per heavy atom. The highest BCUT2D eigenvalue weighted by Gasteiger charge is 2.62. The molecule has 1 fully saturated rings. The van der Waals surface area contributed by atoms with Gasteiger partial charge in [0, 0.05) is 12.0 Å². The highest BCUT2D eigenvalue weighted by Crippen LogP contribution is 2.44. The number of nitrogens with one attached hydrogen (secondary N) is 1. The lowest BCUT2D eigenvalue weighted by Crippen LogP contribution is -2.74. The topological polar surface area (TPSA) is 101 Å². The van der Waals surface area contributed by atoms with Crippen LogP contribution in [0.1, 0.15) is 5.82 Å². The molecule has 0 saturated carbocycles. The number of tetrazole rings is 1. The Balaban J connectivity index is 2.01. The molecule has 0 spiro atoms. The summed E-state index contributed by atoms with van der Waals surface area (Å²) in [5.41, 5.74) is 4.95. The van der Waals surface area contributed by atoms with Crippen molar-refractivity contribution in [3.05, 3.63) is 18.1 Å². The van der Waals surface area contributed by atoms with Crippen LogP contribution in [0.25, 0.3) is 0 Å². The fourth-order valence-electron chi connectivity index (χ4n) is 1.79. The van der Waals surface area contributed by atoms with Crippen molar-refractivity contribution in [1.82, 2.24) is 25.5 Å². The number of thioether (sulfide) groups is 1. The molecule has 0 bridgehead atoms. The van der Waals surface area contributed by atoms with Crippen LogP contribution >= 0.6 is 11.8 Å². The number of H-pyrrole nitrogens is 1. The van der Waals surface area contributed by atoms with E-state index in [1.807, 2.05) is 6.08 Å². The van der Waals surface area contributed by atoms with Crippen LogP contribution in [-0.2, 0) is 10.3 Å². The normalized spacial score (nSPS) is 33.8. The highest BCUT2D eigenvalue weighted by atomic mass is 32.2. The molecule has 3 N–H and O–H groups in total. The summed E-state index contributed by atoms with van der Waals surface area (Å²) in [4.78, 5) is 13.4. The molecule has 1 amide bonds. The SMILES string of the molecule is NC1(c2nnn[nH]2)C(=O)N2C=CCS[C@H]21. The molecule has 2 aliphatic heterocycles. The van der Waals surface area contributed by atoms with Crippen molar-refractivity contribution in [3.8, 4) is 0 Å². The molecule has 3 heterocycles. The van der Waals surface area contributed by atoms with Gasteiger partial charge in [0.2, 0.25) is 0 Å². The van der Waals surface area contributed by atoms with Gasteiger partial charge in [0.15, 0.2) is 11.4 Å². The predicted molar refractivity (Wildman–Crippen MR) is 52.3 cm³/mol. The van der Waals surface area contributed by atoms with Gasteiger partial charge in [-0.2, -0.15) is 0 Å². The second kappa shape index (κ2) is 2.80. The van der Waals surface area contributed by atoms with E-state index in [4.69, 9.17) is 5.73 Å². The van der Waals surface area contributed by atoms with Gasteiger partial charge in [0.05, 0.1) is 0 Å². The standard InChI is InChI=1S/C7H8N6OS/c8-7(4-9-11-12-10-4)5(14)13-2-1-3-15-6(7)13/h1-2,6H,3,8H2,(H,9,10,11,12)/t6-,7?/m0/s1. The number of β-lactam (4-membered cyclic amide) rings is 1. The van der Waals surface area contributed by atoms with Crippen LogP contribution in [0.4, 0.5) is 0 Å². The maximum atomic E-state index is 11.8. The molecule has 2 aliphatic rings. The molecule has 3 rings (SSSR count). The minimum Gasteiger partial charge on any atom is -0.308 e. The number of fused-ring (bicyclic) bond motifs is 1. The third-order valence-electron chi connectivity index (χ3n) is 2.58. The van der Waals surface area contributed by atoms with Crippen molar-refractivity contribution in [2.24, 2.45) is 5.73 Å². The van der Waals surface area contributed by atoms with Gasteiger partial charge in [0.1, 0.15) is 5.37 Å². The van der Waals surface area contributed by atoms with Crippen molar-refractivity contribution < 1.29 is 4.79 Å². The maximum Gasteiger partial charge on any atom is 0.258 e. The number of rotatable bonds is 1. The van der Waals surface area contributed by atoms with Crippen molar-refractivity contribution in [2.45, 2.75) is 10.9 Å². The van der Waals surface area contributed by atoms with Gasteiger partial charge in [-0.3, -0.25) is 4.79 Å². The first-order valence-electron chi connectivity index (χ1n) is 4.38. The molecule has 0 aromatic carbocycles. The van der Waals surface area contributed by atoms with Crippen LogP contribution < -0.4 is 5.73 Å². The number of nitrogens with zero attached hydrogens (tertiary/aromatic N) is 4. The summed E-state index contributed by atoms with van der Waals surface area (Å²) in [7, 11) is 0. The summed E-state index contributed by atoms with van der Waals surface area (Å²) in [6.45, 7) is 0. The van der Waals surface area contributed by atoms with Gasteiger partial charge in [-0.1, -0.05) is 6.08 Å². The average molecular weight is 224 g/mol. The summed E-state index contributed by atoms with van der Waals surface area (Å²) in [5.74, 6) is 1.00. The van der Waals surface area contributed by atoms with E-state index < -0.39 is 5.54 Å². The van der Waals surface area contributed by atoms with Crippen LogP contribution in [0, 0.1) is 0 Å². The second-order valence-corrected chi connectivity index (χ2v) is 4.51. The summed E-state index contributed by atoms with van der Waals surface area (Å²) >= 11 is 1.60. The lowest BCUT2D eigenvalue weighted by molar-refractivity contribution is -0.149. The molecule has 1 saturated heterocycles. The Morgan fingerprint density at radius 2 is 2.60 bits per heavy atom. The molecule has 2 atom stereocenters. The van der Waals surface area contributed by atoms with E-state index in [-0.39, 0.29) is 11.3 Å². The zero-order valence-electron chi connectivity index (χ0n) is 7.62. The van der Waals surface area contributed by atoms with E-state index in [1.165, 1.54) is 0 Å². The van der Waals surface area contributed by atoms with Gasteiger partial charge in [-0.05, 0) is 10.4 Å². The lowest BCUT2D eigenvalue weighted by Gasteiger charge is -2.51. The van der Waals surface area contributed by atoms with Crippen LogP contribution in [-0.4, -0.2) is 42.6 Å². The second-order valence-electron chi connectivity index (χ2n) is 3.40. The number of carbonyl (C=O) groups is 1. The Bertz CT molecular complexity index is 431. The summed E-state index contributed by atoms with van der Waals surface area (Å²) in [6.07, 6.45) is 3.69. The largest absolute Gasteiger partial charge is 0.308 e. The quantitative estimate of drug-likeness (QED) is 0.580. The number of hydrogen-bond acceptors (Lipinski definition) is 6. The minimum absolute atomic E-state index is 0.107. The average Bonchev–Trinajstić information content (AvgIpc) is 2.81. The number of aromatic amines is 1. The number of aromatic nitrogens is 4. The molecule has 1 unspecified atom stereocenters. The van der Waals surface area contributed by atoms with E-state index in [2.05, 4.69) is 20.6 Å². The van der Waals surface area contributed by atoms with Crippen LogP contribution in [0.5, 0.6) is 0 Å². The zero-order chi connectivity index (χ0) is 10.5. The van der Waals surface area contributed by atoms with Crippen LogP contribution in [0.3, 0.4) is 0 Å². The number of carbonyl (C=O) groups excluding carboxylic acids is 1. The fraction of sp³-hybridized carbons (Fsp3) is 0.429. The number of nitrogens with two attached hydrogens (primary N) is 1. The Kier molecular flexibility index (Phi) is 1.65. The Hall–Kier alpha value is -1.41. The van der Waals surface area contributed by atoms with E-state index in [1.54, 1.807) is 22.9 Å². The molecule has 1 aromatic rings. The first-order valence-corrected chi connectivity index (χ1v) is 5.43. The fourth-order valence-corrected chi connectivity index (χ4v) is 2.97. The molecule has 78 valence electrons. The lowest BCUT2D eigenvalue weighted by atomic mass is 9.88. The third-order valence-corrected chi connectivity index (χ3v) is 3.88. The van der Waals surface area contributed by atoms with Gasteiger partial charge in [-0.15, -0.1) is 16.9 Å². The number of hydrogen-bond donors (Lipinski definition) is 2. The van der Waals surface area contributed by atoms with E-state index in [9.17, 15) is 4.79 Å². The van der Waals surface area contributed by atoms with E-state index in [0.717, 1.165) is 5.75 Å². The Morgan fingerprint density at radius 1 is 1.73 bits per heavy atom. The smallest absolute Gasteiger partial charge is 0.258 e. The number of amides is 1. The predicted octanol–water partition coefficient (Wildman–Crippen LogP) is -1.22. The van der Waals surface area contributed by atoms with Gasteiger partial charge in [0.25, 0.3) is 5.91 Å².